The molecule has 0 spiro atoms. The van der Waals surface area contributed by atoms with Crippen molar-refractivity contribution in [1.82, 2.24) is 9.88 Å². The number of rotatable bonds is 5. The first-order valence-electron chi connectivity index (χ1n) is 11.1. The van der Waals surface area contributed by atoms with E-state index in [9.17, 15) is 23.1 Å². The lowest BCUT2D eigenvalue weighted by molar-refractivity contribution is -0.110. The number of aromatic nitrogens is 1. The maximum Gasteiger partial charge on any atom is 0.386 e. The summed E-state index contributed by atoms with van der Waals surface area (Å²) in [5.41, 5.74) is 3.54. The van der Waals surface area contributed by atoms with Crippen molar-refractivity contribution in [2.24, 2.45) is 0 Å². The van der Waals surface area contributed by atoms with E-state index in [1.54, 1.807) is 19.1 Å². The third kappa shape index (κ3) is 11.1. The van der Waals surface area contributed by atoms with Crippen LogP contribution in [-0.4, -0.2) is 53.0 Å². The molecule has 0 aliphatic carbocycles. The predicted molar refractivity (Wildman–Crippen MR) is 129 cm³/mol. The molecule has 1 aromatic heterocycles. The van der Waals surface area contributed by atoms with E-state index in [-0.39, 0.29) is 19.6 Å². The summed E-state index contributed by atoms with van der Waals surface area (Å²) in [5, 5.41) is 12.7. The number of urea groups is 1. The van der Waals surface area contributed by atoms with Gasteiger partial charge in [-0.25, -0.2) is 9.78 Å². The van der Waals surface area contributed by atoms with Crippen LogP contribution in [0.5, 0.6) is 5.88 Å². The van der Waals surface area contributed by atoms with Gasteiger partial charge in [-0.15, -0.1) is 0 Å². The second kappa shape index (κ2) is 14.0. The molecule has 1 aliphatic rings. The number of carbonyl (C=O) groups excluding carboxylic acids is 1. The minimum Gasteiger partial charge on any atom is -0.475 e. The highest BCUT2D eigenvalue weighted by molar-refractivity contribution is 6.29. The number of hydrogen-bond donors (Lipinski definition) is 2. The van der Waals surface area contributed by atoms with Gasteiger partial charge in [0.05, 0.1) is 6.10 Å². The van der Waals surface area contributed by atoms with Crippen LogP contribution in [0, 0.1) is 6.92 Å². The lowest BCUT2D eigenvalue weighted by atomic mass is 10.0. The van der Waals surface area contributed by atoms with Crippen LogP contribution < -0.4 is 10.1 Å². The Morgan fingerprint density at radius 2 is 1.82 bits per heavy atom. The van der Waals surface area contributed by atoms with Crippen LogP contribution in [0.15, 0.2) is 30.3 Å². The Bertz CT molecular complexity index is 912. The Morgan fingerprint density at radius 3 is 2.38 bits per heavy atom. The van der Waals surface area contributed by atoms with Crippen LogP contribution in [0.3, 0.4) is 0 Å². The van der Waals surface area contributed by atoms with Gasteiger partial charge in [-0.1, -0.05) is 31.5 Å². The largest absolute Gasteiger partial charge is 0.475 e. The molecule has 2 N–H and O–H groups in total. The van der Waals surface area contributed by atoms with Crippen molar-refractivity contribution in [2.45, 2.75) is 59.7 Å². The normalized spacial score (nSPS) is 13.8. The number of nitrogens with one attached hydrogen (secondary N) is 1. The number of anilines is 1. The van der Waals surface area contributed by atoms with E-state index in [4.69, 9.17) is 16.3 Å². The molecule has 1 saturated heterocycles. The number of aryl methyl sites for hydroxylation is 1. The Hall–Kier alpha value is -2.52. The second-order valence-electron chi connectivity index (χ2n) is 7.61. The average Bonchev–Trinajstić information content (AvgIpc) is 3.29. The maximum atomic E-state index is 12.3. The van der Waals surface area contributed by atoms with Gasteiger partial charge in [-0.05, 0) is 61.6 Å². The number of amides is 2. The molecular weight excluding hydrogens is 471 g/mol. The van der Waals surface area contributed by atoms with E-state index < -0.39 is 12.3 Å². The number of aliphatic hydroxyl groups excluding tert-OH is 1. The van der Waals surface area contributed by atoms with E-state index in [1.165, 1.54) is 0 Å². The van der Waals surface area contributed by atoms with Gasteiger partial charge in [0.1, 0.15) is 11.8 Å². The van der Waals surface area contributed by atoms with Crippen LogP contribution in [0.4, 0.5) is 23.7 Å². The molecule has 1 aliphatic heterocycles. The van der Waals surface area contributed by atoms with Gasteiger partial charge in [0.15, 0.2) is 0 Å². The van der Waals surface area contributed by atoms with Crippen molar-refractivity contribution in [3.63, 3.8) is 0 Å². The number of likely N-dealkylation sites (tertiary alicyclic amines) is 1. The Balaban J connectivity index is 0.000000733. The van der Waals surface area contributed by atoms with Crippen LogP contribution in [0.1, 0.15) is 46.1 Å². The van der Waals surface area contributed by atoms with E-state index in [1.807, 2.05) is 43.9 Å². The summed E-state index contributed by atoms with van der Waals surface area (Å²) in [4.78, 5) is 18.3. The molecule has 2 heterocycles. The standard InChI is InChI=1S/C20H24ClN3O3.C2H3F3.C2H6/c1-13-5-6-16(22-20(26)24-7-3-4-8-24)11-17(13)15-9-18(21)23-19(10-15)27-12-14(2)25;1-2(3,4)5;1-2/h5-6,9-11,14,25H,3-4,7-8,12H2,1-2H3,(H,22,26);1H3;1-2H3/t14-;;/m1../s1. The highest BCUT2D eigenvalue weighted by atomic mass is 35.5. The summed E-state index contributed by atoms with van der Waals surface area (Å²) >= 11 is 6.15. The molecule has 6 nitrogen and oxygen atoms in total. The predicted octanol–water partition coefficient (Wildman–Crippen LogP) is 6.69. The summed E-state index contributed by atoms with van der Waals surface area (Å²) in [6, 6.07) is 9.23. The Kier molecular flexibility index (Phi) is 12.2. The average molecular weight is 504 g/mol. The van der Waals surface area contributed by atoms with Crippen molar-refractivity contribution in [1.29, 1.82) is 0 Å². The molecule has 2 aromatic rings. The molecule has 0 bridgehead atoms. The second-order valence-corrected chi connectivity index (χ2v) is 8.00. The third-order valence-corrected chi connectivity index (χ3v) is 4.63. The minimum atomic E-state index is -4.00. The number of alkyl halides is 3. The summed E-state index contributed by atoms with van der Waals surface area (Å²) < 4.78 is 36.6. The number of aliphatic hydroxyl groups is 1. The number of pyridine rings is 1. The zero-order valence-corrected chi connectivity index (χ0v) is 20.9. The molecule has 2 amide bonds. The highest BCUT2D eigenvalue weighted by Crippen LogP contribution is 2.31. The first-order chi connectivity index (χ1) is 15.9. The minimum absolute atomic E-state index is 0.0731. The summed E-state index contributed by atoms with van der Waals surface area (Å²) in [6.07, 6.45) is -2.49. The van der Waals surface area contributed by atoms with Gasteiger partial charge in [0.25, 0.3) is 0 Å². The lowest BCUT2D eigenvalue weighted by Crippen LogP contribution is -2.32. The topological polar surface area (TPSA) is 74.7 Å². The first-order valence-corrected chi connectivity index (χ1v) is 11.5. The summed E-state index contributed by atoms with van der Waals surface area (Å²) in [5.74, 6) is 0.351. The SMILES string of the molecule is CC.CC(F)(F)F.Cc1ccc(NC(=O)N2CCCC2)cc1-c1cc(Cl)nc(OC[C@@H](C)O)c1. The lowest BCUT2D eigenvalue weighted by Gasteiger charge is -2.17. The number of halogens is 4. The van der Waals surface area contributed by atoms with Gasteiger partial charge < -0.3 is 20.1 Å². The van der Waals surface area contributed by atoms with Crippen molar-refractivity contribution >= 4 is 23.3 Å². The molecule has 3 rings (SSSR count). The molecule has 190 valence electrons. The zero-order chi connectivity index (χ0) is 25.9. The molecule has 10 heteroatoms. The molecule has 1 atom stereocenters. The summed E-state index contributed by atoms with van der Waals surface area (Å²) in [6.45, 7) is 9.56. The molecule has 34 heavy (non-hydrogen) atoms. The van der Waals surface area contributed by atoms with Crippen molar-refractivity contribution < 1.29 is 27.8 Å². The van der Waals surface area contributed by atoms with Crippen molar-refractivity contribution in [3.8, 4) is 17.0 Å². The molecule has 1 fully saturated rings. The van der Waals surface area contributed by atoms with E-state index in [2.05, 4.69) is 10.3 Å². The number of hydrogen-bond acceptors (Lipinski definition) is 4. The van der Waals surface area contributed by atoms with E-state index in [0.717, 1.165) is 48.3 Å². The number of nitrogens with zero attached hydrogens (tertiary/aromatic N) is 2. The first kappa shape index (κ1) is 29.5. The number of ether oxygens (including phenoxy) is 1. The molecular formula is C24H33ClF3N3O3. The van der Waals surface area contributed by atoms with Crippen molar-refractivity contribution in [2.75, 3.05) is 25.0 Å². The monoisotopic (exact) mass is 503 g/mol. The fourth-order valence-electron chi connectivity index (χ4n) is 3.04. The van der Waals surface area contributed by atoms with Crippen molar-refractivity contribution in [3.05, 3.63) is 41.0 Å². The Morgan fingerprint density at radius 1 is 1.24 bits per heavy atom. The highest BCUT2D eigenvalue weighted by Gasteiger charge is 2.18. The summed E-state index contributed by atoms with van der Waals surface area (Å²) in [7, 11) is 0. The van der Waals surface area contributed by atoms with Gasteiger partial charge in [-0.3, -0.25) is 0 Å². The van der Waals surface area contributed by atoms with Gasteiger partial charge in [0.2, 0.25) is 5.88 Å². The fraction of sp³-hybridized carbons (Fsp3) is 0.500. The van der Waals surface area contributed by atoms with E-state index >= 15 is 0 Å². The Labute approximate surface area is 204 Å². The molecule has 0 radical (unpaired) electrons. The van der Waals surface area contributed by atoms with Crippen LogP contribution in [0.25, 0.3) is 11.1 Å². The molecule has 0 saturated carbocycles. The van der Waals surface area contributed by atoms with Gasteiger partial charge in [0, 0.05) is 31.8 Å². The zero-order valence-electron chi connectivity index (χ0n) is 20.2. The fourth-order valence-corrected chi connectivity index (χ4v) is 3.24. The molecule has 1 aromatic carbocycles. The van der Waals surface area contributed by atoms with Crippen LogP contribution >= 0.6 is 11.6 Å². The van der Waals surface area contributed by atoms with Crippen LogP contribution in [0.2, 0.25) is 5.15 Å². The van der Waals surface area contributed by atoms with E-state index in [0.29, 0.717) is 11.0 Å². The van der Waals surface area contributed by atoms with Gasteiger partial charge >= 0.3 is 12.2 Å². The smallest absolute Gasteiger partial charge is 0.386 e. The van der Waals surface area contributed by atoms with Crippen LogP contribution in [-0.2, 0) is 0 Å². The maximum absolute atomic E-state index is 12.3. The van der Waals surface area contributed by atoms with Gasteiger partial charge in [-0.2, -0.15) is 13.2 Å². The number of benzene rings is 1. The number of carbonyl (C=O) groups is 1. The quantitative estimate of drug-likeness (QED) is 0.445. The third-order valence-electron chi connectivity index (χ3n) is 4.44. The molecule has 0 unspecified atom stereocenters.